The zero-order valence-corrected chi connectivity index (χ0v) is 20.6. The number of ether oxygens (including phenoxy) is 2. The second-order valence-electron chi connectivity index (χ2n) is 8.74. The Hall–Kier alpha value is -4.44. The Balaban J connectivity index is 1.69. The minimum Gasteiger partial charge on any atom is -0.508 e. The van der Waals surface area contributed by atoms with Crippen LogP contribution in [0.3, 0.4) is 0 Å². The summed E-state index contributed by atoms with van der Waals surface area (Å²) in [4.78, 5) is 19.9. The molecule has 4 rings (SSSR count). The van der Waals surface area contributed by atoms with Gasteiger partial charge in [-0.3, -0.25) is 4.90 Å². The number of carbonyl (C=O) groups is 1. The summed E-state index contributed by atoms with van der Waals surface area (Å²) in [5.74, 6) is -0.698. The largest absolute Gasteiger partial charge is 0.508 e. The molecule has 37 heavy (non-hydrogen) atoms. The minimum absolute atomic E-state index is 0.0155. The number of methoxy groups -OCH3 is 2. The van der Waals surface area contributed by atoms with E-state index in [1.54, 1.807) is 36.4 Å². The molecule has 1 fully saturated rings. The highest BCUT2D eigenvalue weighted by atomic mass is 16.7. The molecular weight excluding hydrogens is 480 g/mol. The molecule has 4 N–H and O–H groups in total. The number of likely N-dealkylation sites (tertiary alicyclic amines) is 1. The molecule has 0 spiro atoms. The van der Waals surface area contributed by atoms with Gasteiger partial charge in [0, 0.05) is 31.0 Å². The Labute approximate surface area is 213 Å². The van der Waals surface area contributed by atoms with Gasteiger partial charge in [0.15, 0.2) is 23.0 Å². The number of phenols is 4. The molecule has 1 aliphatic rings. The molecule has 0 radical (unpaired) electrons. The molecule has 10 nitrogen and oxygen atoms in total. The van der Waals surface area contributed by atoms with Gasteiger partial charge in [-0.05, 0) is 54.6 Å². The molecule has 2 unspecified atom stereocenters. The van der Waals surface area contributed by atoms with Crippen LogP contribution in [0.1, 0.15) is 46.4 Å². The number of nitrogens with zero attached hydrogens (tertiary/aromatic N) is 2. The lowest BCUT2D eigenvalue weighted by Crippen LogP contribution is -2.37. The Morgan fingerprint density at radius 2 is 1.30 bits per heavy atom. The zero-order valence-electron chi connectivity index (χ0n) is 20.6. The smallest absolute Gasteiger partial charge is 0.365 e. The number of benzene rings is 3. The van der Waals surface area contributed by atoms with Crippen molar-refractivity contribution >= 4 is 11.7 Å². The number of piperidine rings is 1. The molecule has 1 saturated heterocycles. The third-order valence-corrected chi connectivity index (χ3v) is 6.41. The quantitative estimate of drug-likeness (QED) is 0.284. The van der Waals surface area contributed by atoms with Crippen molar-refractivity contribution in [2.75, 3.05) is 21.3 Å². The maximum atomic E-state index is 12.6. The van der Waals surface area contributed by atoms with E-state index in [0.29, 0.717) is 30.1 Å². The number of carbonyl (C=O) groups excluding carboxylic acids is 1. The SMILES string of the molecule is COc1cc(C2CC(=NOC(=O)c3cc(O)cc(O)c3)CC(c3ccc(O)c(OC)c3)N2C)ccc1O. The Kier molecular flexibility index (Phi) is 7.40. The van der Waals surface area contributed by atoms with Crippen LogP contribution in [-0.4, -0.2) is 58.3 Å². The number of hydrogen-bond acceptors (Lipinski definition) is 10. The average molecular weight is 509 g/mol. The maximum absolute atomic E-state index is 12.6. The first kappa shape index (κ1) is 25.6. The van der Waals surface area contributed by atoms with E-state index in [2.05, 4.69) is 10.1 Å². The second-order valence-corrected chi connectivity index (χ2v) is 8.74. The molecule has 0 aromatic heterocycles. The van der Waals surface area contributed by atoms with Crippen LogP contribution < -0.4 is 9.47 Å². The van der Waals surface area contributed by atoms with Gasteiger partial charge in [-0.15, -0.1) is 0 Å². The van der Waals surface area contributed by atoms with E-state index in [4.69, 9.17) is 14.3 Å². The molecule has 0 amide bonds. The van der Waals surface area contributed by atoms with Crippen molar-refractivity contribution in [1.29, 1.82) is 0 Å². The van der Waals surface area contributed by atoms with Gasteiger partial charge in [0.25, 0.3) is 0 Å². The molecule has 3 aromatic carbocycles. The average Bonchev–Trinajstić information content (AvgIpc) is 2.88. The van der Waals surface area contributed by atoms with E-state index in [-0.39, 0.29) is 40.6 Å². The van der Waals surface area contributed by atoms with Crippen molar-refractivity contribution in [2.24, 2.45) is 5.16 Å². The number of hydrogen-bond donors (Lipinski definition) is 4. The van der Waals surface area contributed by atoms with Crippen LogP contribution >= 0.6 is 0 Å². The molecule has 2 atom stereocenters. The lowest BCUT2D eigenvalue weighted by molar-refractivity contribution is 0.0506. The van der Waals surface area contributed by atoms with Gasteiger partial charge >= 0.3 is 5.97 Å². The van der Waals surface area contributed by atoms with Crippen LogP contribution in [-0.2, 0) is 4.84 Å². The number of aromatic hydroxyl groups is 4. The summed E-state index contributed by atoms with van der Waals surface area (Å²) in [6.07, 6.45) is 0.823. The van der Waals surface area contributed by atoms with Crippen molar-refractivity contribution < 1.29 is 39.5 Å². The summed E-state index contributed by atoms with van der Waals surface area (Å²) in [6.45, 7) is 0. The molecule has 10 heteroatoms. The number of oxime groups is 1. The minimum atomic E-state index is -0.830. The molecule has 3 aromatic rings. The first-order valence-electron chi connectivity index (χ1n) is 11.5. The zero-order chi connectivity index (χ0) is 26.7. The van der Waals surface area contributed by atoms with E-state index in [0.717, 1.165) is 17.2 Å². The van der Waals surface area contributed by atoms with Crippen LogP contribution in [0.5, 0.6) is 34.5 Å². The summed E-state index contributed by atoms with van der Waals surface area (Å²) < 4.78 is 10.6. The van der Waals surface area contributed by atoms with E-state index in [9.17, 15) is 25.2 Å². The van der Waals surface area contributed by atoms with Gasteiger partial charge in [0.2, 0.25) is 0 Å². The van der Waals surface area contributed by atoms with Crippen molar-refractivity contribution in [3.63, 3.8) is 0 Å². The first-order valence-corrected chi connectivity index (χ1v) is 11.5. The highest BCUT2D eigenvalue weighted by molar-refractivity contribution is 5.92. The Bertz CT molecular complexity index is 1250. The van der Waals surface area contributed by atoms with E-state index >= 15 is 0 Å². The first-order chi connectivity index (χ1) is 17.7. The van der Waals surface area contributed by atoms with Gasteiger partial charge in [-0.25, -0.2) is 4.79 Å². The summed E-state index contributed by atoms with van der Waals surface area (Å²) in [6, 6.07) is 13.2. The van der Waals surface area contributed by atoms with Crippen molar-refractivity contribution in [1.82, 2.24) is 4.90 Å². The third kappa shape index (κ3) is 5.54. The van der Waals surface area contributed by atoms with Crippen LogP contribution in [0, 0.1) is 0 Å². The molecule has 0 aliphatic carbocycles. The summed E-state index contributed by atoms with van der Waals surface area (Å²) in [5, 5.41) is 43.6. The van der Waals surface area contributed by atoms with Gasteiger partial charge in [-0.2, -0.15) is 0 Å². The second kappa shape index (κ2) is 10.7. The van der Waals surface area contributed by atoms with Crippen molar-refractivity contribution in [3.05, 3.63) is 71.3 Å². The molecule has 0 bridgehead atoms. The fourth-order valence-electron chi connectivity index (χ4n) is 4.49. The maximum Gasteiger partial charge on any atom is 0.365 e. The van der Waals surface area contributed by atoms with E-state index in [1.807, 2.05) is 7.05 Å². The van der Waals surface area contributed by atoms with Crippen LogP contribution in [0.2, 0.25) is 0 Å². The lowest BCUT2D eigenvalue weighted by atomic mass is 9.86. The monoisotopic (exact) mass is 508 g/mol. The highest BCUT2D eigenvalue weighted by Gasteiger charge is 2.34. The lowest BCUT2D eigenvalue weighted by Gasteiger charge is -2.40. The fraction of sp³-hybridized carbons (Fsp3) is 0.259. The van der Waals surface area contributed by atoms with E-state index in [1.165, 1.54) is 26.4 Å². The number of rotatable bonds is 6. The van der Waals surface area contributed by atoms with Gasteiger partial charge < -0.3 is 34.7 Å². The van der Waals surface area contributed by atoms with Gasteiger partial charge in [0.05, 0.1) is 25.5 Å². The normalized spacial score (nSPS) is 17.8. The summed E-state index contributed by atoms with van der Waals surface area (Å²) in [7, 11) is 4.90. The predicted molar refractivity (Wildman–Crippen MR) is 134 cm³/mol. The molecular formula is C27H28N2O8. The van der Waals surface area contributed by atoms with E-state index < -0.39 is 5.97 Å². The van der Waals surface area contributed by atoms with Gasteiger partial charge in [-0.1, -0.05) is 17.3 Å². The standard InChI is InChI=1S/C27H28N2O8/c1-29-21(15-4-6-23(32)25(10-15)35-2)12-18(13-22(29)16-5-7-24(33)26(11-16)36-3)28-37-27(34)17-8-19(30)14-20(31)9-17/h4-11,14,21-22,30-33H,12-13H2,1-3H3. The van der Waals surface area contributed by atoms with Crippen LogP contribution in [0.4, 0.5) is 0 Å². The van der Waals surface area contributed by atoms with Crippen molar-refractivity contribution in [3.8, 4) is 34.5 Å². The molecule has 1 aliphatic heterocycles. The molecule has 0 saturated carbocycles. The van der Waals surface area contributed by atoms with Crippen LogP contribution in [0.25, 0.3) is 0 Å². The molecule has 194 valence electrons. The summed E-state index contributed by atoms with van der Waals surface area (Å²) in [5.41, 5.74) is 2.24. The third-order valence-electron chi connectivity index (χ3n) is 6.41. The van der Waals surface area contributed by atoms with Gasteiger partial charge in [0.1, 0.15) is 11.5 Å². The highest BCUT2D eigenvalue weighted by Crippen LogP contribution is 2.43. The summed E-state index contributed by atoms with van der Waals surface area (Å²) >= 11 is 0. The Morgan fingerprint density at radius 3 is 1.76 bits per heavy atom. The molecule has 1 heterocycles. The topological polar surface area (TPSA) is 141 Å². The van der Waals surface area contributed by atoms with Crippen molar-refractivity contribution in [2.45, 2.75) is 24.9 Å². The number of phenolic OH excluding ortho intramolecular Hbond substituents is 4. The fourth-order valence-corrected chi connectivity index (χ4v) is 4.49. The van der Waals surface area contributed by atoms with Crippen LogP contribution in [0.15, 0.2) is 59.8 Å². The Morgan fingerprint density at radius 1 is 0.811 bits per heavy atom. The predicted octanol–water partition coefficient (Wildman–Crippen LogP) is 4.25.